The van der Waals surface area contributed by atoms with Crippen LogP contribution in [0.4, 0.5) is 0 Å². The van der Waals surface area contributed by atoms with Crippen molar-refractivity contribution in [1.82, 2.24) is 0 Å². The van der Waals surface area contributed by atoms with Gasteiger partial charge in [-0.25, -0.2) is 0 Å². The van der Waals surface area contributed by atoms with Crippen molar-refractivity contribution in [3.05, 3.63) is 0 Å². The Labute approximate surface area is 109 Å². The highest BCUT2D eigenvalue weighted by molar-refractivity contribution is 8.65. The van der Waals surface area contributed by atoms with Crippen LogP contribution in [0.5, 0.6) is 0 Å². The summed E-state index contributed by atoms with van der Waals surface area (Å²) in [5, 5.41) is 0. The van der Waals surface area contributed by atoms with Crippen molar-refractivity contribution in [1.29, 1.82) is 0 Å². The summed E-state index contributed by atoms with van der Waals surface area (Å²) in [7, 11) is 18.7. The average molecular weight is 376 g/mol. The minimum Gasteiger partial charge on any atom is -0.153 e. The first-order valence-corrected chi connectivity index (χ1v) is 15.2. The first-order chi connectivity index (χ1) is 4.15. The topological polar surface area (TPSA) is 0 Å². The minimum absolute atomic E-state index is 0. The van der Waals surface area contributed by atoms with E-state index < -0.39 is 0 Å². The highest BCUT2D eigenvalue weighted by Gasteiger charge is 1.66. The Morgan fingerprint density at radius 2 is 0.769 bits per heavy atom. The van der Waals surface area contributed by atoms with E-state index in [0.717, 1.165) is 7.96 Å². The van der Waals surface area contributed by atoms with E-state index in [4.69, 9.17) is 0 Å². The summed E-state index contributed by atoms with van der Waals surface area (Å²) in [5.41, 5.74) is 0. The maximum Gasteiger partial charge on any atom is -0.0500 e. The van der Waals surface area contributed by atoms with Crippen molar-refractivity contribution >= 4 is 87.3 Å². The fourth-order valence-corrected chi connectivity index (χ4v) is 0. The third-order valence-electron chi connectivity index (χ3n) is 0. The molecule has 0 saturated carbocycles. The zero-order valence-corrected chi connectivity index (χ0v) is 17.1. The Hall–Kier alpha value is 4.30. The van der Waals surface area contributed by atoms with Crippen molar-refractivity contribution in [3.63, 3.8) is 0 Å². The second-order valence-electron chi connectivity index (χ2n) is 0.614. The Morgan fingerprint density at radius 1 is 0.769 bits per heavy atom. The smallest absolute Gasteiger partial charge is 0.0500 e. The molecular formula is C3H30P10. The van der Waals surface area contributed by atoms with E-state index in [1.54, 1.807) is 0 Å². The monoisotopic (exact) mass is 376 g/mol. The van der Waals surface area contributed by atoms with Crippen molar-refractivity contribution in [2.45, 2.75) is 22.3 Å². The zero-order valence-electron chi connectivity index (χ0n) is 5.70. The number of hydrogen-bond donors (Lipinski definition) is 0. The molecule has 0 N–H and O–H groups in total. The minimum atomic E-state index is 0. The molecule has 0 spiro atoms. The lowest BCUT2D eigenvalue weighted by Crippen LogP contribution is -0.870. The molecule has 0 heterocycles. The average Bonchev–Trinajstić information content (AvgIpc) is 1.71. The summed E-state index contributed by atoms with van der Waals surface area (Å²) in [5.74, 6) is 0. The first kappa shape index (κ1) is 43.3. The molecule has 0 nitrogen and oxygen atoms in total. The van der Waals surface area contributed by atoms with Crippen molar-refractivity contribution in [2.24, 2.45) is 0 Å². The maximum atomic E-state index is 2.65. The number of hydrogen-bond acceptors (Lipinski definition) is 0. The third kappa shape index (κ3) is 180. The van der Waals surface area contributed by atoms with E-state index in [1.165, 1.54) is 0 Å². The van der Waals surface area contributed by atoms with Gasteiger partial charge in [0.2, 0.25) is 0 Å². The van der Waals surface area contributed by atoms with Crippen LogP contribution in [0.2, 0.25) is 0 Å². The lowest BCUT2D eigenvalue weighted by Gasteiger charge is -1.81. The van der Waals surface area contributed by atoms with E-state index in [1.807, 2.05) is 0 Å². The highest BCUT2D eigenvalue weighted by Crippen LogP contribution is 2.59. The molecule has 10 heteroatoms. The summed E-state index contributed by atoms with van der Waals surface area (Å²) in [6, 6.07) is 0. The van der Waals surface area contributed by atoms with Gasteiger partial charge in [-0.3, -0.25) is 0 Å². The summed E-state index contributed by atoms with van der Waals surface area (Å²) in [4.78, 5) is 0. The van der Waals surface area contributed by atoms with Gasteiger partial charge in [-0.05, 0) is 6.99 Å². The van der Waals surface area contributed by atoms with E-state index in [9.17, 15) is 0 Å². The standard InChI is InChI=1S/3CH4.H6P4.H5P3.H4P2.H3P/c;;;1-4(2)3;1-3-2;1-2;/h3*1H4;1-3H2;3H,1-2H2;1-2H2;1H3. The molecule has 13 heavy (non-hydrogen) atoms. The van der Waals surface area contributed by atoms with E-state index >= 15 is 0 Å². The van der Waals surface area contributed by atoms with Crippen LogP contribution in [0.15, 0.2) is 0 Å². The SMILES string of the molecule is C.C.C.P.PP.PP(P)P.PPP. The van der Waals surface area contributed by atoms with Crippen LogP contribution in [0.1, 0.15) is 22.3 Å². The van der Waals surface area contributed by atoms with Gasteiger partial charge in [-0.1, -0.05) is 30.2 Å². The van der Waals surface area contributed by atoms with Gasteiger partial charge in [0.05, 0.1) is 0 Å². The van der Waals surface area contributed by atoms with Gasteiger partial charge in [-0.2, -0.15) is 9.90 Å². The maximum absolute atomic E-state index is 2.65. The Balaban J connectivity index is -0.00000000749. The molecule has 0 rings (SSSR count). The van der Waals surface area contributed by atoms with Gasteiger partial charge in [-0.15, -0.1) is 62.5 Å². The van der Waals surface area contributed by atoms with Gasteiger partial charge in [0.15, 0.2) is 0 Å². The molecule has 8 atom stereocenters. The van der Waals surface area contributed by atoms with Gasteiger partial charge >= 0.3 is 0 Å². The van der Waals surface area contributed by atoms with Crippen LogP contribution in [-0.2, 0) is 0 Å². The molecule has 0 aliphatic rings. The van der Waals surface area contributed by atoms with Crippen LogP contribution in [0, 0.1) is 0 Å². The molecule has 92 valence electrons. The normalized spacial score (nSPS) is 4.62. The van der Waals surface area contributed by atoms with Gasteiger partial charge < -0.3 is 0 Å². The molecule has 0 saturated heterocycles. The van der Waals surface area contributed by atoms with Crippen molar-refractivity contribution < 1.29 is 0 Å². The quantitative estimate of drug-likeness (QED) is 0.476. The lowest BCUT2D eigenvalue weighted by atomic mass is 12.0. The van der Waals surface area contributed by atoms with Crippen LogP contribution in [-0.4, -0.2) is 0 Å². The van der Waals surface area contributed by atoms with Crippen LogP contribution >= 0.6 is 87.3 Å². The summed E-state index contributed by atoms with van der Waals surface area (Å²) in [6.45, 7) is 0.130. The van der Waals surface area contributed by atoms with E-state index in [0.29, 0.717) is 0 Å². The lowest BCUT2D eigenvalue weighted by molar-refractivity contribution is 2.50. The zero-order chi connectivity index (χ0) is 8.28. The molecule has 0 aliphatic carbocycles. The molecular weight excluding hydrogens is 346 g/mol. The fraction of sp³-hybridized carbons (Fsp3) is 1.00. The number of rotatable bonds is 0. The highest BCUT2D eigenvalue weighted by atomic mass is 32.7. The Morgan fingerprint density at radius 3 is 0.769 bits per heavy atom. The largest absolute Gasteiger partial charge is 0.153 e. The molecule has 8 unspecified atom stereocenters. The molecule has 0 aromatic carbocycles. The van der Waals surface area contributed by atoms with E-state index in [2.05, 4.69) is 62.5 Å². The van der Waals surface area contributed by atoms with E-state index in [-0.39, 0.29) is 39.2 Å². The fourth-order valence-electron chi connectivity index (χ4n) is 0. The molecule has 0 fully saturated rings. The summed E-state index contributed by atoms with van der Waals surface area (Å²) >= 11 is 0. The predicted octanol–water partition coefficient (Wildman–Crippen LogP) is 5.70. The molecule has 0 aromatic rings. The molecule has 0 aliphatic heterocycles. The van der Waals surface area contributed by atoms with Crippen LogP contribution in [0.3, 0.4) is 0 Å². The van der Waals surface area contributed by atoms with Crippen LogP contribution in [0.25, 0.3) is 0 Å². The van der Waals surface area contributed by atoms with Crippen molar-refractivity contribution in [2.75, 3.05) is 0 Å². The predicted molar refractivity (Wildman–Crippen MR) is 115 cm³/mol. The summed E-state index contributed by atoms with van der Waals surface area (Å²) in [6.07, 6.45) is 0. The third-order valence-corrected chi connectivity index (χ3v) is 0. The van der Waals surface area contributed by atoms with Gasteiger partial charge in [0, 0.05) is 0 Å². The van der Waals surface area contributed by atoms with Gasteiger partial charge in [0.25, 0.3) is 0 Å². The Kier molecular flexibility index (Phi) is 185. The first-order valence-electron chi connectivity index (χ1n) is 1.69. The second kappa shape index (κ2) is 55.4. The summed E-state index contributed by atoms with van der Waals surface area (Å²) < 4.78 is 0. The molecule has 0 amide bonds. The molecule has 0 aromatic heterocycles. The second-order valence-corrected chi connectivity index (χ2v) is 16.6. The van der Waals surface area contributed by atoms with Gasteiger partial charge in [0.1, 0.15) is 0 Å². The molecule has 0 radical (unpaired) electrons. The van der Waals surface area contributed by atoms with Crippen molar-refractivity contribution in [3.8, 4) is 0 Å². The Bertz CT molecular complexity index is 21.4. The molecule has 0 bridgehead atoms. The van der Waals surface area contributed by atoms with Crippen LogP contribution < -0.4 is 0 Å².